The number of hydrogen-bond donors (Lipinski definition) is 2. The zero-order valence-electron chi connectivity index (χ0n) is 14.2. The minimum atomic E-state index is -0.411. The Bertz CT molecular complexity index is 712. The predicted molar refractivity (Wildman–Crippen MR) is 92.5 cm³/mol. The Morgan fingerprint density at radius 1 is 1.00 bits per heavy atom. The van der Waals surface area contributed by atoms with Crippen molar-refractivity contribution in [2.75, 3.05) is 0 Å². The number of ether oxygens (including phenoxy) is 1. The van der Waals surface area contributed by atoms with Crippen molar-refractivity contribution in [2.24, 2.45) is 0 Å². The molecule has 6 heteroatoms. The van der Waals surface area contributed by atoms with Crippen molar-refractivity contribution in [2.45, 2.75) is 32.8 Å². The number of hydrazine groups is 1. The molecule has 0 saturated heterocycles. The highest BCUT2D eigenvalue weighted by molar-refractivity contribution is 5.95. The number of nitrogens with one attached hydrogen (secondary N) is 2. The van der Waals surface area contributed by atoms with Crippen molar-refractivity contribution in [3.8, 4) is 5.75 Å². The van der Waals surface area contributed by atoms with E-state index in [4.69, 9.17) is 4.74 Å². The summed E-state index contributed by atoms with van der Waals surface area (Å²) >= 11 is 0. The van der Waals surface area contributed by atoms with Gasteiger partial charge in [-0.15, -0.1) is 0 Å². The smallest absolute Gasteiger partial charge is 0.269 e. The summed E-state index contributed by atoms with van der Waals surface area (Å²) in [6.45, 7) is 3.84. The molecule has 0 aromatic heterocycles. The van der Waals surface area contributed by atoms with Gasteiger partial charge >= 0.3 is 0 Å². The molecule has 5 nitrogen and oxygen atoms in total. The van der Waals surface area contributed by atoms with Crippen molar-refractivity contribution < 1.29 is 18.7 Å². The van der Waals surface area contributed by atoms with Gasteiger partial charge in [0.05, 0.1) is 6.10 Å². The number of benzene rings is 2. The van der Waals surface area contributed by atoms with Crippen molar-refractivity contribution >= 4 is 11.8 Å². The standard InChI is InChI=1S/C19H21FN2O3/c1-13(2)25-17-10-6-15(7-11-17)19(24)22-21-18(23)12-5-14-3-8-16(20)9-4-14/h3-4,6-11,13H,5,12H2,1-2H3,(H,21,23)(H,22,24). The van der Waals surface area contributed by atoms with Gasteiger partial charge in [0.2, 0.25) is 5.91 Å². The fraction of sp³-hybridized carbons (Fsp3) is 0.263. The highest BCUT2D eigenvalue weighted by atomic mass is 19.1. The van der Waals surface area contributed by atoms with Crippen LogP contribution in [0.4, 0.5) is 4.39 Å². The molecule has 0 aliphatic carbocycles. The van der Waals surface area contributed by atoms with Crippen LogP contribution in [0.1, 0.15) is 36.2 Å². The van der Waals surface area contributed by atoms with Gasteiger partial charge in [-0.05, 0) is 62.2 Å². The fourth-order valence-corrected chi connectivity index (χ4v) is 2.13. The van der Waals surface area contributed by atoms with Crippen LogP contribution < -0.4 is 15.6 Å². The highest BCUT2D eigenvalue weighted by Crippen LogP contribution is 2.13. The quantitative estimate of drug-likeness (QED) is 0.792. The molecule has 2 aromatic carbocycles. The lowest BCUT2D eigenvalue weighted by atomic mass is 10.1. The minimum Gasteiger partial charge on any atom is -0.491 e. The molecule has 25 heavy (non-hydrogen) atoms. The second kappa shape index (κ2) is 8.82. The van der Waals surface area contributed by atoms with Gasteiger partial charge in [0.1, 0.15) is 11.6 Å². The van der Waals surface area contributed by atoms with Crippen LogP contribution in [0.3, 0.4) is 0 Å². The van der Waals surface area contributed by atoms with Gasteiger partial charge in [0.15, 0.2) is 0 Å². The molecule has 2 amide bonds. The molecule has 0 unspecified atom stereocenters. The summed E-state index contributed by atoms with van der Waals surface area (Å²) in [6, 6.07) is 12.6. The van der Waals surface area contributed by atoms with Crippen LogP contribution in [0.5, 0.6) is 5.75 Å². The Labute approximate surface area is 146 Å². The number of hydrogen-bond acceptors (Lipinski definition) is 3. The number of carbonyl (C=O) groups is 2. The van der Waals surface area contributed by atoms with E-state index in [0.717, 1.165) is 5.56 Å². The first-order chi connectivity index (χ1) is 11.9. The van der Waals surface area contributed by atoms with Gasteiger partial charge in [-0.3, -0.25) is 20.4 Å². The average Bonchev–Trinajstić information content (AvgIpc) is 2.59. The summed E-state index contributed by atoms with van der Waals surface area (Å²) in [4.78, 5) is 23.8. The Morgan fingerprint density at radius 3 is 2.24 bits per heavy atom. The molecule has 0 aliphatic heterocycles. The minimum absolute atomic E-state index is 0.0556. The maximum absolute atomic E-state index is 12.8. The largest absolute Gasteiger partial charge is 0.491 e. The van der Waals surface area contributed by atoms with E-state index in [-0.39, 0.29) is 24.2 Å². The van der Waals surface area contributed by atoms with Gasteiger partial charge in [0.25, 0.3) is 5.91 Å². The fourth-order valence-electron chi connectivity index (χ4n) is 2.13. The van der Waals surface area contributed by atoms with Gasteiger partial charge in [0, 0.05) is 12.0 Å². The Hall–Kier alpha value is -2.89. The summed E-state index contributed by atoms with van der Waals surface area (Å²) in [5.41, 5.74) is 5.99. The van der Waals surface area contributed by atoms with E-state index in [2.05, 4.69) is 10.9 Å². The van der Waals surface area contributed by atoms with E-state index in [0.29, 0.717) is 17.7 Å². The van der Waals surface area contributed by atoms with Gasteiger partial charge in [-0.1, -0.05) is 12.1 Å². The number of carbonyl (C=O) groups excluding carboxylic acids is 2. The Morgan fingerprint density at radius 2 is 1.64 bits per heavy atom. The lowest BCUT2D eigenvalue weighted by Gasteiger charge is -2.10. The third-order valence-corrected chi connectivity index (χ3v) is 3.36. The summed E-state index contributed by atoms with van der Waals surface area (Å²) in [7, 11) is 0. The molecule has 0 bridgehead atoms. The molecule has 2 rings (SSSR count). The molecule has 0 aliphatic rings. The van der Waals surface area contributed by atoms with Gasteiger partial charge in [-0.25, -0.2) is 4.39 Å². The average molecular weight is 344 g/mol. The molecule has 0 heterocycles. The molecule has 2 aromatic rings. The number of halogens is 1. The molecular weight excluding hydrogens is 323 g/mol. The van der Waals surface area contributed by atoms with Crippen molar-refractivity contribution in [1.29, 1.82) is 0 Å². The number of rotatable bonds is 6. The summed E-state index contributed by atoms with van der Waals surface area (Å²) < 4.78 is 18.3. The van der Waals surface area contributed by atoms with Crippen molar-refractivity contribution in [3.63, 3.8) is 0 Å². The van der Waals surface area contributed by atoms with Crippen LogP contribution in [-0.2, 0) is 11.2 Å². The highest BCUT2D eigenvalue weighted by Gasteiger charge is 2.08. The molecule has 0 radical (unpaired) electrons. The maximum Gasteiger partial charge on any atom is 0.269 e. The SMILES string of the molecule is CC(C)Oc1ccc(C(=O)NNC(=O)CCc2ccc(F)cc2)cc1. The van der Waals surface area contributed by atoms with E-state index in [9.17, 15) is 14.0 Å². The van der Waals surface area contributed by atoms with E-state index in [1.165, 1.54) is 12.1 Å². The normalized spacial score (nSPS) is 10.4. The number of aryl methyl sites for hydroxylation is 1. The first-order valence-electron chi connectivity index (χ1n) is 8.04. The molecule has 0 saturated carbocycles. The molecule has 0 spiro atoms. The van der Waals surface area contributed by atoms with Crippen LogP contribution in [0.25, 0.3) is 0 Å². The predicted octanol–water partition coefficient (Wildman–Crippen LogP) is 3.01. The van der Waals surface area contributed by atoms with E-state index in [1.54, 1.807) is 36.4 Å². The first kappa shape index (κ1) is 18.4. The van der Waals surface area contributed by atoms with E-state index in [1.807, 2.05) is 13.8 Å². The first-order valence-corrected chi connectivity index (χ1v) is 8.04. The topological polar surface area (TPSA) is 67.4 Å². The third-order valence-electron chi connectivity index (χ3n) is 3.36. The van der Waals surface area contributed by atoms with Crippen LogP contribution >= 0.6 is 0 Å². The monoisotopic (exact) mass is 344 g/mol. The lowest BCUT2D eigenvalue weighted by Crippen LogP contribution is -2.41. The molecular formula is C19H21FN2O3. The van der Waals surface area contributed by atoms with E-state index >= 15 is 0 Å². The third kappa shape index (κ3) is 6.25. The Kier molecular flexibility index (Phi) is 6.51. The van der Waals surface area contributed by atoms with Crippen molar-refractivity contribution in [3.05, 3.63) is 65.5 Å². The van der Waals surface area contributed by atoms with Crippen LogP contribution in [0.15, 0.2) is 48.5 Å². The Balaban J connectivity index is 1.76. The van der Waals surface area contributed by atoms with Gasteiger partial charge in [-0.2, -0.15) is 0 Å². The lowest BCUT2D eigenvalue weighted by molar-refractivity contribution is -0.121. The zero-order valence-corrected chi connectivity index (χ0v) is 14.2. The maximum atomic E-state index is 12.8. The van der Waals surface area contributed by atoms with Crippen LogP contribution in [-0.4, -0.2) is 17.9 Å². The zero-order chi connectivity index (χ0) is 18.2. The van der Waals surface area contributed by atoms with Crippen molar-refractivity contribution in [1.82, 2.24) is 10.9 Å². The summed E-state index contributed by atoms with van der Waals surface area (Å²) in [5, 5.41) is 0. The number of amides is 2. The molecule has 132 valence electrons. The van der Waals surface area contributed by atoms with Crippen LogP contribution in [0.2, 0.25) is 0 Å². The van der Waals surface area contributed by atoms with Gasteiger partial charge < -0.3 is 4.74 Å². The summed E-state index contributed by atoms with van der Waals surface area (Å²) in [5.74, 6) is -0.371. The summed E-state index contributed by atoms with van der Waals surface area (Å²) in [6.07, 6.45) is 0.705. The van der Waals surface area contributed by atoms with Crippen LogP contribution in [0, 0.1) is 5.82 Å². The molecule has 2 N–H and O–H groups in total. The van der Waals surface area contributed by atoms with E-state index < -0.39 is 5.91 Å². The molecule has 0 atom stereocenters. The second-order valence-electron chi connectivity index (χ2n) is 5.82. The molecule has 0 fully saturated rings. The second-order valence-corrected chi connectivity index (χ2v) is 5.82.